The number of aryl methyl sites for hydroxylation is 1. The first-order valence-corrected chi connectivity index (χ1v) is 9.06. The van der Waals surface area contributed by atoms with Crippen molar-refractivity contribution in [2.24, 2.45) is 0 Å². The van der Waals surface area contributed by atoms with Gasteiger partial charge in [0.1, 0.15) is 11.2 Å². The van der Waals surface area contributed by atoms with Gasteiger partial charge in [-0.25, -0.2) is 14.3 Å². The molecule has 138 valence electrons. The van der Waals surface area contributed by atoms with Gasteiger partial charge in [0.15, 0.2) is 0 Å². The molecule has 3 aromatic heterocycles. The van der Waals surface area contributed by atoms with Crippen molar-refractivity contribution in [3.05, 3.63) is 66.1 Å². The molecule has 0 unspecified atom stereocenters. The molecule has 5 heteroatoms. The molecular weight excluding hydrogens is 338 g/mol. The quantitative estimate of drug-likeness (QED) is 0.497. The van der Waals surface area contributed by atoms with Crippen molar-refractivity contribution in [2.45, 2.75) is 39.8 Å². The lowest BCUT2D eigenvalue weighted by Gasteiger charge is -2.19. The molecule has 4 aromatic rings. The van der Waals surface area contributed by atoms with E-state index in [2.05, 4.69) is 46.9 Å². The molecule has 0 N–H and O–H groups in total. The van der Waals surface area contributed by atoms with Gasteiger partial charge in [0, 0.05) is 41.4 Å². The van der Waals surface area contributed by atoms with Crippen LogP contribution < -0.4 is 0 Å². The molecule has 0 bridgehead atoms. The van der Waals surface area contributed by atoms with E-state index in [9.17, 15) is 4.79 Å². The molecule has 27 heavy (non-hydrogen) atoms. The van der Waals surface area contributed by atoms with Gasteiger partial charge in [-0.1, -0.05) is 12.1 Å². The smallest absolute Gasteiger partial charge is 0.420 e. The molecule has 0 amide bonds. The summed E-state index contributed by atoms with van der Waals surface area (Å²) >= 11 is 0. The van der Waals surface area contributed by atoms with Gasteiger partial charge in [-0.3, -0.25) is 0 Å². The first kappa shape index (κ1) is 17.3. The highest BCUT2D eigenvalue weighted by atomic mass is 16.6. The maximum absolute atomic E-state index is 12.6. The van der Waals surface area contributed by atoms with Crippen molar-refractivity contribution in [3.63, 3.8) is 0 Å². The largest absolute Gasteiger partial charge is 0.443 e. The Kier molecular flexibility index (Phi) is 4.02. The van der Waals surface area contributed by atoms with Gasteiger partial charge >= 0.3 is 6.09 Å². The predicted molar refractivity (Wildman–Crippen MR) is 107 cm³/mol. The standard InChI is InChI=1S/C22H23N3O2/c1-15-7-5-9-19-17(15)10-12-24(19)13-16-14-25(21(26)27-22(2,3)4)20-18(16)8-6-11-23-20/h5-12,14H,13H2,1-4H3. The molecule has 0 saturated carbocycles. The molecule has 0 saturated heterocycles. The van der Waals surface area contributed by atoms with Crippen LogP contribution in [0.25, 0.3) is 21.9 Å². The van der Waals surface area contributed by atoms with Crippen molar-refractivity contribution in [2.75, 3.05) is 0 Å². The number of carbonyl (C=O) groups is 1. The van der Waals surface area contributed by atoms with Crippen LogP contribution in [-0.4, -0.2) is 25.8 Å². The molecule has 4 rings (SSSR count). The third-order valence-electron chi connectivity index (χ3n) is 4.61. The Morgan fingerprint density at radius 3 is 2.70 bits per heavy atom. The Morgan fingerprint density at radius 2 is 1.93 bits per heavy atom. The molecule has 0 aliphatic heterocycles. The normalized spacial score (nSPS) is 12.0. The van der Waals surface area contributed by atoms with Gasteiger partial charge in [0.05, 0.1) is 0 Å². The Bertz CT molecular complexity index is 1150. The van der Waals surface area contributed by atoms with E-state index in [-0.39, 0.29) is 0 Å². The number of pyridine rings is 1. The SMILES string of the molecule is Cc1cccc2c1ccn2Cc1cn(C(=O)OC(C)(C)C)c2ncccc12. The van der Waals surface area contributed by atoms with E-state index in [1.165, 1.54) is 21.0 Å². The molecule has 3 heterocycles. The lowest BCUT2D eigenvalue weighted by atomic mass is 10.1. The second-order valence-corrected chi connectivity index (χ2v) is 7.83. The summed E-state index contributed by atoms with van der Waals surface area (Å²) in [5.41, 5.74) is 3.52. The third-order valence-corrected chi connectivity index (χ3v) is 4.61. The Balaban J connectivity index is 1.78. The summed E-state index contributed by atoms with van der Waals surface area (Å²) < 4.78 is 9.25. The number of carbonyl (C=O) groups excluding carboxylic acids is 1. The molecule has 5 nitrogen and oxygen atoms in total. The van der Waals surface area contributed by atoms with Crippen molar-refractivity contribution >= 4 is 28.0 Å². The summed E-state index contributed by atoms with van der Waals surface area (Å²) in [4.78, 5) is 17.1. The summed E-state index contributed by atoms with van der Waals surface area (Å²) in [6, 6.07) is 12.3. The van der Waals surface area contributed by atoms with Gasteiger partial charge in [0.25, 0.3) is 0 Å². The fourth-order valence-electron chi connectivity index (χ4n) is 3.40. The average molecular weight is 361 g/mol. The number of benzene rings is 1. The first-order valence-electron chi connectivity index (χ1n) is 9.06. The summed E-state index contributed by atoms with van der Waals surface area (Å²) in [5.74, 6) is 0. The summed E-state index contributed by atoms with van der Waals surface area (Å²) in [5, 5.41) is 2.20. The fraction of sp³-hybridized carbons (Fsp3) is 0.273. The van der Waals surface area contributed by atoms with E-state index in [0.29, 0.717) is 12.2 Å². The van der Waals surface area contributed by atoms with Crippen LogP contribution in [0.1, 0.15) is 31.9 Å². The van der Waals surface area contributed by atoms with Crippen LogP contribution in [0, 0.1) is 6.92 Å². The van der Waals surface area contributed by atoms with Gasteiger partial charge in [-0.15, -0.1) is 0 Å². The van der Waals surface area contributed by atoms with Gasteiger partial charge in [-0.05, 0) is 63.1 Å². The minimum absolute atomic E-state index is 0.411. The highest BCUT2D eigenvalue weighted by Gasteiger charge is 2.21. The lowest BCUT2D eigenvalue weighted by molar-refractivity contribution is 0.0543. The van der Waals surface area contributed by atoms with Crippen molar-refractivity contribution in [1.82, 2.24) is 14.1 Å². The van der Waals surface area contributed by atoms with Crippen LogP contribution in [0.5, 0.6) is 0 Å². The van der Waals surface area contributed by atoms with E-state index in [1.54, 1.807) is 6.20 Å². The van der Waals surface area contributed by atoms with E-state index < -0.39 is 11.7 Å². The number of aromatic nitrogens is 3. The van der Waals surface area contributed by atoms with Crippen LogP contribution in [-0.2, 0) is 11.3 Å². The van der Waals surface area contributed by atoms with Crippen LogP contribution in [0.3, 0.4) is 0 Å². The topological polar surface area (TPSA) is 49.0 Å². The van der Waals surface area contributed by atoms with E-state index in [1.807, 2.05) is 39.1 Å². The fourth-order valence-corrected chi connectivity index (χ4v) is 3.40. The second-order valence-electron chi connectivity index (χ2n) is 7.83. The molecular formula is C22H23N3O2. The number of ether oxygens (including phenoxy) is 1. The minimum Gasteiger partial charge on any atom is -0.443 e. The maximum atomic E-state index is 12.6. The summed E-state index contributed by atoms with van der Waals surface area (Å²) in [6.45, 7) is 8.35. The summed E-state index contributed by atoms with van der Waals surface area (Å²) in [7, 11) is 0. The van der Waals surface area contributed by atoms with E-state index in [0.717, 1.165) is 10.9 Å². The summed E-state index contributed by atoms with van der Waals surface area (Å²) in [6.07, 6.45) is 5.21. The molecule has 0 atom stereocenters. The van der Waals surface area contributed by atoms with Gasteiger partial charge in [-0.2, -0.15) is 0 Å². The molecule has 1 aromatic carbocycles. The second kappa shape index (κ2) is 6.27. The Labute approximate surface area is 158 Å². The molecule has 0 fully saturated rings. The van der Waals surface area contributed by atoms with Crippen LogP contribution in [0.15, 0.2) is 55.0 Å². The van der Waals surface area contributed by atoms with Crippen molar-refractivity contribution < 1.29 is 9.53 Å². The zero-order chi connectivity index (χ0) is 19.2. The highest BCUT2D eigenvalue weighted by molar-refractivity contribution is 5.90. The molecule has 0 radical (unpaired) electrons. The van der Waals surface area contributed by atoms with E-state index in [4.69, 9.17) is 4.74 Å². The molecule has 0 spiro atoms. The maximum Gasteiger partial charge on any atom is 0.420 e. The first-order chi connectivity index (χ1) is 12.8. The highest BCUT2D eigenvalue weighted by Crippen LogP contribution is 2.25. The number of rotatable bonds is 2. The number of hydrogen-bond acceptors (Lipinski definition) is 3. The molecule has 0 aliphatic rings. The van der Waals surface area contributed by atoms with Crippen molar-refractivity contribution in [1.29, 1.82) is 0 Å². The monoisotopic (exact) mass is 361 g/mol. The van der Waals surface area contributed by atoms with Crippen LogP contribution >= 0.6 is 0 Å². The van der Waals surface area contributed by atoms with Crippen LogP contribution in [0.2, 0.25) is 0 Å². The van der Waals surface area contributed by atoms with Crippen molar-refractivity contribution in [3.8, 4) is 0 Å². The third kappa shape index (κ3) is 3.21. The predicted octanol–water partition coefficient (Wildman–Crippen LogP) is 5.13. The number of fused-ring (bicyclic) bond motifs is 2. The minimum atomic E-state index is -0.559. The zero-order valence-electron chi connectivity index (χ0n) is 16.1. The number of nitrogens with zero attached hydrogens (tertiary/aromatic N) is 3. The number of hydrogen-bond donors (Lipinski definition) is 0. The van der Waals surface area contributed by atoms with Crippen LogP contribution in [0.4, 0.5) is 4.79 Å². The molecule has 0 aliphatic carbocycles. The Morgan fingerprint density at radius 1 is 1.11 bits per heavy atom. The zero-order valence-corrected chi connectivity index (χ0v) is 16.1. The Hall–Kier alpha value is -3.08. The van der Waals surface area contributed by atoms with Gasteiger partial charge in [0.2, 0.25) is 0 Å². The lowest BCUT2D eigenvalue weighted by Crippen LogP contribution is -2.26. The van der Waals surface area contributed by atoms with E-state index >= 15 is 0 Å². The average Bonchev–Trinajstić information content (AvgIpc) is 3.17. The van der Waals surface area contributed by atoms with Gasteiger partial charge < -0.3 is 9.30 Å².